The van der Waals surface area contributed by atoms with Gasteiger partial charge in [-0.2, -0.15) is 10.2 Å². The number of halogens is 1. The van der Waals surface area contributed by atoms with Gasteiger partial charge < -0.3 is 9.64 Å². The fraction of sp³-hybridized carbons (Fsp3) is 0.562. The van der Waals surface area contributed by atoms with Crippen molar-refractivity contribution in [3.63, 3.8) is 0 Å². The molecule has 2 atom stereocenters. The summed E-state index contributed by atoms with van der Waals surface area (Å²) in [5, 5.41) is 9.43. The predicted octanol–water partition coefficient (Wildman–Crippen LogP) is 2.11. The number of rotatable bonds is 3. The van der Waals surface area contributed by atoms with E-state index in [9.17, 15) is 4.79 Å². The van der Waals surface area contributed by atoms with Crippen LogP contribution in [-0.4, -0.2) is 55.7 Å². The highest BCUT2D eigenvalue weighted by molar-refractivity contribution is 6.31. The largest absolute Gasteiger partial charge is 0.372 e. The molecule has 0 bridgehead atoms. The third-order valence-corrected chi connectivity index (χ3v) is 4.69. The van der Waals surface area contributed by atoms with E-state index >= 15 is 0 Å². The Bertz CT molecular complexity index is 744. The Hall–Kier alpha value is -1.86. The van der Waals surface area contributed by atoms with Crippen LogP contribution in [0.3, 0.4) is 0 Å². The monoisotopic (exact) mass is 351 g/mol. The van der Waals surface area contributed by atoms with E-state index in [1.54, 1.807) is 26.5 Å². The van der Waals surface area contributed by atoms with Gasteiger partial charge >= 0.3 is 0 Å². The predicted molar refractivity (Wildman–Crippen MR) is 90.2 cm³/mol. The van der Waals surface area contributed by atoms with Crippen LogP contribution in [0.25, 0.3) is 0 Å². The second-order valence-electron chi connectivity index (χ2n) is 6.33. The number of ether oxygens (including phenoxy) is 1. The molecule has 8 heteroatoms. The zero-order valence-corrected chi connectivity index (χ0v) is 15.1. The normalized spacial score (nSPS) is 21.3. The Labute approximate surface area is 146 Å². The molecule has 7 nitrogen and oxygen atoms in total. The number of aryl methyl sites for hydroxylation is 1. The Balaban J connectivity index is 1.73. The number of aromatic nitrogens is 4. The lowest BCUT2D eigenvalue weighted by Gasteiger charge is -2.34. The number of hydrogen-bond donors (Lipinski definition) is 0. The van der Waals surface area contributed by atoms with Crippen LogP contribution in [0.5, 0.6) is 0 Å². The van der Waals surface area contributed by atoms with Crippen LogP contribution in [0.1, 0.15) is 35.7 Å². The van der Waals surface area contributed by atoms with Gasteiger partial charge in [0.15, 0.2) is 0 Å². The van der Waals surface area contributed by atoms with Gasteiger partial charge in [-0.15, -0.1) is 0 Å². The van der Waals surface area contributed by atoms with Gasteiger partial charge in [-0.3, -0.25) is 9.48 Å². The number of carbonyl (C=O) groups is 1. The third-order valence-electron chi connectivity index (χ3n) is 4.14. The lowest BCUT2D eigenvalue weighted by atomic mass is 10.2. The summed E-state index contributed by atoms with van der Waals surface area (Å²) >= 11 is 6.16. The zero-order valence-electron chi connectivity index (χ0n) is 14.4. The maximum absolute atomic E-state index is 12.6. The molecule has 1 fully saturated rings. The van der Waals surface area contributed by atoms with E-state index in [0.29, 0.717) is 30.5 Å². The van der Waals surface area contributed by atoms with Crippen molar-refractivity contribution in [1.29, 1.82) is 0 Å². The van der Waals surface area contributed by atoms with Crippen LogP contribution in [0.2, 0.25) is 5.02 Å². The Morgan fingerprint density at radius 3 is 2.54 bits per heavy atom. The second-order valence-corrected chi connectivity index (χ2v) is 6.71. The molecular weight excluding hydrogens is 330 g/mol. The Morgan fingerprint density at radius 2 is 1.96 bits per heavy atom. The summed E-state index contributed by atoms with van der Waals surface area (Å²) in [5.41, 5.74) is 2.10. The van der Waals surface area contributed by atoms with E-state index in [0.717, 1.165) is 11.4 Å². The number of nitrogens with zero attached hydrogens (tertiary/aromatic N) is 5. The standard InChI is InChI=1S/C16H22ClN5O2/c1-10-7-20(8-11(2)24-10)16(23)14-5-6-21(19-14)9-22-13(4)15(17)12(3)18-22/h5-6,10-11H,7-9H2,1-4H3. The minimum absolute atomic E-state index is 0.0385. The quantitative estimate of drug-likeness (QED) is 0.849. The average molecular weight is 352 g/mol. The summed E-state index contributed by atoms with van der Waals surface area (Å²) in [6.07, 6.45) is 1.86. The van der Waals surface area contributed by atoms with Gasteiger partial charge in [0.05, 0.1) is 28.6 Å². The molecule has 130 valence electrons. The van der Waals surface area contributed by atoms with Crippen molar-refractivity contribution in [3.8, 4) is 0 Å². The van der Waals surface area contributed by atoms with Gasteiger partial charge in [-0.1, -0.05) is 11.6 Å². The lowest BCUT2D eigenvalue weighted by Crippen LogP contribution is -2.48. The molecule has 0 aromatic carbocycles. The molecule has 3 heterocycles. The summed E-state index contributed by atoms with van der Waals surface area (Å²) in [7, 11) is 0. The van der Waals surface area contributed by atoms with Crippen LogP contribution < -0.4 is 0 Å². The van der Waals surface area contributed by atoms with E-state index < -0.39 is 0 Å². The maximum atomic E-state index is 12.6. The zero-order chi connectivity index (χ0) is 17.4. The summed E-state index contributed by atoms with van der Waals surface area (Å²) in [4.78, 5) is 14.4. The van der Waals surface area contributed by atoms with Crippen LogP contribution in [-0.2, 0) is 11.4 Å². The molecule has 1 amide bonds. The first-order valence-electron chi connectivity index (χ1n) is 8.03. The van der Waals surface area contributed by atoms with Crippen molar-refractivity contribution in [2.24, 2.45) is 0 Å². The van der Waals surface area contributed by atoms with Crippen molar-refractivity contribution in [2.75, 3.05) is 13.1 Å². The summed E-state index contributed by atoms with van der Waals surface area (Å²) in [5.74, 6) is -0.0675. The van der Waals surface area contributed by atoms with E-state index in [1.807, 2.05) is 27.7 Å². The summed E-state index contributed by atoms with van der Waals surface area (Å²) in [6, 6.07) is 1.74. The highest BCUT2D eigenvalue weighted by atomic mass is 35.5. The summed E-state index contributed by atoms with van der Waals surface area (Å²) in [6.45, 7) is 9.32. The molecule has 1 aliphatic rings. The maximum Gasteiger partial charge on any atom is 0.274 e. The van der Waals surface area contributed by atoms with Crippen LogP contribution in [0, 0.1) is 13.8 Å². The Kier molecular flexibility index (Phi) is 4.64. The molecule has 1 saturated heterocycles. The molecule has 2 aromatic rings. The minimum atomic E-state index is -0.0675. The number of carbonyl (C=O) groups excluding carboxylic acids is 1. The fourth-order valence-corrected chi connectivity index (χ4v) is 3.15. The van der Waals surface area contributed by atoms with Gasteiger partial charge in [0.2, 0.25) is 0 Å². The van der Waals surface area contributed by atoms with E-state index in [1.165, 1.54) is 0 Å². The molecule has 2 aromatic heterocycles. The van der Waals surface area contributed by atoms with Gasteiger partial charge in [0.25, 0.3) is 5.91 Å². The summed E-state index contributed by atoms with van der Waals surface area (Å²) < 4.78 is 9.14. The fourth-order valence-electron chi connectivity index (χ4n) is 3.01. The van der Waals surface area contributed by atoms with Crippen LogP contribution in [0.4, 0.5) is 0 Å². The van der Waals surface area contributed by atoms with Crippen molar-refractivity contribution >= 4 is 17.5 Å². The molecule has 3 rings (SSSR count). The lowest BCUT2D eigenvalue weighted by molar-refractivity contribution is -0.0587. The van der Waals surface area contributed by atoms with Gasteiger partial charge in [-0.05, 0) is 33.8 Å². The smallest absolute Gasteiger partial charge is 0.274 e. The van der Waals surface area contributed by atoms with Crippen molar-refractivity contribution in [3.05, 3.63) is 34.4 Å². The molecule has 0 N–H and O–H groups in total. The molecule has 24 heavy (non-hydrogen) atoms. The molecule has 0 radical (unpaired) electrons. The van der Waals surface area contributed by atoms with Crippen molar-refractivity contribution < 1.29 is 9.53 Å². The highest BCUT2D eigenvalue weighted by Crippen LogP contribution is 2.19. The van der Waals surface area contributed by atoms with Gasteiger partial charge in [0, 0.05) is 19.3 Å². The molecule has 2 unspecified atom stereocenters. The molecule has 0 aliphatic carbocycles. The minimum Gasteiger partial charge on any atom is -0.372 e. The van der Waals surface area contributed by atoms with E-state index in [2.05, 4.69) is 10.2 Å². The van der Waals surface area contributed by atoms with Crippen molar-refractivity contribution in [2.45, 2.75) is 46.6 Å². The second kappa shape index (κ2) is 6.57. The average Bonchev–Trinajstić information content (AvgIpc) is 3.07. The molecule has 0 spiro atoms. The van der Waals surface area contributed by atoms with Crippen LogP contribution >= 0.6 is 11.6 Å². The first-order valence-corrected chi connectivity index (χ1v) is 8.40. The first-order chi connectivity index (χ1) is 11.3. The molecule has 0 saturated carbocycles. The van der Waals surface area contributed by atoms with E-state index in [4.69, 9.17) is 16.3 Å². The topological polar surface area (TPSA) is 65.2 Å². The SMILES string of the molecule is Cc1nn(Cn2ccc(C(=O)N3CC(C)OC(C)C3)n2)c(C)c1Cl. The highest BCUT2D eigenvalue weighted by Gasteiger charge is 2.27. The Morgan fingerprint density at radius 1 is 1.29 bits per heavy atom. The van der Waals surface area contributed by atoms with E-state index in [-0.39, 0.29) is 18.1 Å². The number of morpholine rings is 1. The molecule has 1 aliphatic heterocycles. The van der Waals surface area contributed by atoms with Crippen LogP contribution in [0.15, 0.2) is 12.3 Å². The number of amides is 1. The number of hydrogen-bond acceptors (Lipinski definition) is 4. The third kappa shape index (κ3) is 3.32. The van der Waals surface area contributed by atoms with Gasteiger partial charge in [-0.25, -0.2) is 4.68 Å². The van der Waals surface area contributed by atoms with Crippen molar-refractivity contribution in [1.82, 2.24) is 24.5 Å². The van der Waals surface area contributed by atoms with Gasteiger partial charge in [0.1, 0.15) is 12.4 Å². The first kappa shape index (κ1) is 17.0. The molecular formula is C16H22ClN5O2.